The number of hydrogen-bond donors (Lipinski definition) is 1. The first kappa shape index (κ1) is 17.1. The van der Waals surface area contributed by atoms with E-state index in [-0.39, 0.29) is 0 Å². The molecule has 0 saturated heterocycles. The number of hydrogen-bond acceptors (Lipinski definition) is 3. The monoisotopic (exact) mass is 298 g/mol. The molecule has 0 bridgehead atoms. The van der Waals surface area contributed by atoms with Crippen LogP contribution in [0.3, 0.4) is 0 Å². The highest BCUT2D eigenvalue weighted by atomic mass is 32.2. The number of nitrogens with zero attached hydrogens (tertiary/aromatic N) is 1. The predicted molar refractivity (Wildman–Crippen MR) is 83.3 cm³/mol. The second-order valence-electron chi connectivity index (χ2n) is 5.30. The van der Waals surface area contributed by atoms with E-state index < -0.39 is 10.0 Å². The van der Waals surface area contributed by atoms with Crippen molar-refractivity contribution in [1.29, 1.82) is 0 Å². The molecule has 0 saturated carbocycles. The van der Waals surface area contributed by atoms with Gasteiger partial charge in [-0.1, -0.05) is 32.4 Å². The van der Waals surface area contributed by atoms with Crippen molar-refractivity contribution in [2.24, 2.45) is 5.92 Å². The van der Waals surface area contributed by atoms with Crippen LogP contribution in [-0.2, 0) is 16.4 Å². The molecule has 0 heterocycles. The van der Waals surface area contributed by atoms with Gasteiger partial charge in [-0.05, 0) is 43.6 Å². The Labute approximate surface area is 123 Å². The minimum Gasteiger partial charge on any atom is -0.319 e. The lowest BCUT2D eigenvalue weighted by Gasteiger charge is -2.20. The Morgan fingerprint density at radius 3 is 2.35 bits per heavy atom. The third-order valence-corrected chi connectivity index (χ3v) is 5.40. The summed E-state index contributed by atoms with van der Waals surface area (Å²) in [6.45, 7) is 5.58. The maximum Gasteiger partial charge on any atom is 0.242 e. The van der Waals surface area contributed by atoms with E-state index in [1.165, 1.54) is 4.31 Å². The van der Waals surface area contributed by atoms with Crippen LogP contribution in [0.2, 0.25) is 0 Å². The van der Waals surface area contributed by atoms with Gasteiger partial charge in [-0.3, -0.25) is 0 Å². The van der Waals surface area contributed by atoms with E-state index in [1.807, 2.05) is 19.2 Å². The zero-order valence-electron chi connectivity index (χ0n) is 12.9. The summed E-state index contributed by atoms with van der Waals surface area (Å²) in [5, 5.41) is 3.08. The van der Waals surface area contributed by atoms with E-state index >= 15 is 0 Å². The van der Waals surface area contributed by atoms with Crippen molar-refractivity contribution in [1.82, 2.24) is 9.62 Å². The first-order chi connectivity index (χ1) is 9.41. The van der Waals surface area contributed by atoms with Crippen LogP contribution in [-0.4, -0.2) is 39.9 Å². The van der Waals surface area contributed by atoms with Gasteiger partial charge in [0.05, 0.1) is 4.90 Å². The van der Waals surface area contributed by atoms with Gasteiger partial charge < -0.3 is 5.32 Å². The molecule has 4 nitrogen and oxygen atoms in total. The van der Waals surface area contributed by atoms with E-state index in [2.05, 4.69) is 19.2 Å². The van der Waals surface area contributed by atoms with Gasteiger partial charge in [0.15, 0.2) is 0 Å². The van der Waals surface area contributed by atoms with Gasteiger partial charge in [0.25, 0.3) is 0 Å². The quantitative estimate of drug-likeness (QED) is 0.800. The largest absolute Gasteiger partial charge is 0.319 e. The Balaban J connectivity index is 2.81. The van der Waals surface area contributed by atoms with Gasteiger partial charge in [-0.25, -0.2) is 12.7 Å². The standard InChI is InChI=1S/C15H26N2O2S/c1-5-13(2)12-17(4)20(18,19)15-8-6-14(7-9-15)10-11-16-3/h6-9,13,16H,5,10-12H2,1-4H3. The molecule has 0 aromatic heterocycles. The minimum absolute atomic E-state index is 0.365. The Morgan fingerprint density at radius 1 is 1.25 bits per heavy atom. The average Bonchev–Trinajstić information content (AvgIpc) is 2.45. The van der Waals surface area contributed by atoms with Crippen LogP contribution >= 0.6 is 0 Å². The molecule has 20 heavy (non-hydrogen) atoms. The SMILES string of the molecule is CCC(C)CN(C)S(=O)(=O)c1ccc(CCNC)cc1. The molecular formula is C15H26N2O2S. The molecule has 0 spiro atoms. The zero-order valence-corrected chi connectivity index (χ0v) is 13.7. The number of nitrogens with one attached hydrogen (secondary N) is 1. The van der Waals surface area contributed by atoms with Crippen LogP contribution in [0.15, 0.2) is 29.2 Å². The predicted octanol–water partition coefficient (Wildman–Crippen LogP) is 2.12. The van der Waals surface area contributed by atoms with Crippen LogP contribution in [0.25, 0.3) is 0 Å². The van der Waals surface area contributed by atoms with E-state index in [4.69, 9.17) is 0 Å². The maximum absolute atomic E-state index is 12.4. The first-order valence-electron chi connectivity index (χ1n) is 7.11. The second kappa shape index (κ2) is 7.76. The number of benzene rings is 1. The molecule has 5 heteroatoms. The summed E-state index contributed by atoms with van der Waals surface area (Å²) in [7, 11) is 0.191. The van der Waals surface area contributed by atoms with E-state index in [0.717, 1.165) is 24.9 Å². The third-order valence-electron chi connectivity index (χ3n) is 3.56. The highest BCUT2D eigenvalue weighted by Gasteiger charge is 2.21. The highest BCUT2D eigenvalue weighted by Crippen LogP contribution is 2.17. The highest BCUT2D eigenvalue weighted by molar-refractivity contribution is 7.89. The van der Waals surface area contributed by atoms with Crippen LogP contribution in [0.4, 0.5) is 0 Å². The molecular weight excluding hydrogens is 272 g/mol. The Kier molecular flexibility index (Phi) is 6.65. The summed E-state index contributed by atoms with van der Waals surface area (Å²) < 4.78 is 26.3. The van der Waals surface area contributed by atoms with Crippen molar-refractivity contribution in [3.63, 3.8) is 0 Å². The molecule has 0 radical (unpaired) electrons. The number of likely N-dealkylation sites (N-methyl/N-ethyl adjacent to an activating group) is 1. The number of rotatable bonds is 8. The Hall–Kier alpha value is -0.910. The van der Waals surface area contributed by atoms with Crippen molar-refractivity contribution >= 4 is 10.0 Å². The fourth-order valence-electron chi connectivity index (χ4n) is 1.94. The van der Waals surface area contributed by atoms with Crippen molar-refractivity contribution in [3.05, 3.63) is 29.8 Å². The van der Waals surface area contributed by atoms with Crippen LogP contribution in [0.1, 0.15) is 25.8 Å². The molecule has 0 aliphatic heterocycles. The molecule has 1 unspecified atom stereocenters. The summed E-state index contributed by atoms with van der Waals surface area (Å²) in [6, 6.07) is 7.18. The van der Waals surface area contributed by atoms with Gasteiger partial charge >= 0.3 is 0 Å². The average molecular weight is 298 g/mol. The third kappa shape index (κ3) is 4.58. The van der Waals surface area contributed by atoms with Crippen molar-refractivity contribution in [3.8, 4) is 0 Å². The van der Waals surface area contributed by atoms with Crippen LogP contribution in [0, 0.1) is 5.92 Å². The van der Waals surface area contributed by atoms with Gasteiger partial charge in [0, 0.05) is 13.6 Å². The zero-order chi connectivity index (χ0) is 15.2. The van der Waals surface area contributed by atoms with Gasteiger partial charge in [-0.2, -0.15) is 0 Å². The molecule has 0 aliphatic rings. The minimum atomic E-state index is -3.36. The molecule has 1 rings (SSSR count). The molecule has 0 fully saturated rings. The van der Waals surface area contributed by atoms with Crippen molar-refractivity contribution in [2.45, 2.75) is 31.6 Å². The normalized spacial score (nSPS) is 13.7. The van der Waals surface area contributed by atoms with E-state index in [1.54, 1.807) is 19.2 Å². The molecule has 114 valence electrons. The molecule has 1 atom stereocenters. The summed E-state index contributed by atoms with van der Waals surface area (Å²) in [5.41, 5.74) is 1.14. The van der Waals surface area contributed by atoms with E-state index in [9.17, 15) is 8.42 Å². The maximum atomic E-state index is 12.4. The molecule has 1 aromatic rings. The molecule has 1 N–H and O–H groups in total. The Bertz CT molecular complexity index is 497. The Morgan fingerprint density at radius 2 is 1.85 bits per heavy atom. The van der Waals surface area contributed by atoms with Gasteiger partial charge in [0.1, 0.15) is 0 Å². The summed E-state index contributed by atoms with van der Waals surface area (Å²) in [5.74, 6) is 0.365. The molecule has 0 amide bonds. The van der Waals surface area contributed by atoms with Crippen LogP contribution in [0.5, 0.6) is 0 Å². The second-order valence-corrected chi connectivity index (χ2v) is 7.34. The molecule has 1 aromatic carbocycles. The lowest BCUT2D eigenvalue weighted by Crippen LogP contribution is -2.31. The summed E-state index contributed by atoms with van der Waals surface area (Å²) in [4.78, 5) is 0.372. The lowest BCUT2D eigenvalue weighted by atomic mass is 10.1. The lowest BCUT2D eigenvalue weighted by molar-refractivity contribution is 0.393. The molecule has 0 aliphatic carbocycles. The van der Waals surface area contributed by atoms with Gasteiger partial charge in [0.2, 0.25) is 10.0 Å². The van der Waals surface area contributed by atoms with E-state index in [0.29, 0.717) is 17.4 Å². The van der Waals surface area contributed by atoms with Gasteiger partial charge in [-0.15, -0.1) is 0 Å². The fourth-order valence-corrected chi connectivity index (χ4v) is 3.23. The van der Waals surface area contributed by atoms with Crippen LogP contribution < -0.4 is 5.32 Å². The van der Waals surface area contributed by atoms with Crippen molar-refractivity contribution < 1.29 is 8.42 Å². The topological polar surface area (TPSA) is 49.4 Å². The summed E-state index contributed by atoms with van der Waals surface area (Å²) in [6.07, 6.45) is 1.88. The summed E-state index contributed by atoms with van der Waals surface area (Å²) >= 11 is 0. The smallest absolute Gasteiger partial charge is 0.242 e. The first-order valence-corrected chi connectivity index (χ1v) is 8.55. The van der Waals surface area contributed by atoms with Crippen molar-refractivity contribution in [2.75, 3.05) is 27.2 Å². The number of sulfonamides is 1. The fraction of sp³-hybridized carbons (Fsp3) is 0.600.